The predicted molar refractivity (Wildman–Crippen MR) is 117 cm³/mol. The molecule has 0 saturated carbocycles. The Balaban J connectivity index is 1.76. The van der Waals surface area contributed by atoms with Crippen LogP contribution in [0.3, 0.4) is 0 Å². The molecule has 2 aromatic rings. The second-order valence-corrected chi connectivity index (χ2v) is 7.65. The van der Waals surface area contributed by atoms with E-state index in [1.807, 2.05) is 49.4 Å². The van der Waals surface area contributed by atoms with Crippen LogP contribution in [0.25, 0.3) is 0 Å². The molecule has 140 valence electrons. The van der Waals surface area contributed by atoms with Crippen LogP contribution >= 0.6 is 34.4 Å². The lowest BCUT2D eigenvalue weighted by molar-refractivity contribution is -0.116. The molecule has 0 radical (unpaired) electrons. The number of amides is 1. The Bertz CT molecular complexity index is 872. The molecule has 6 nitrogen and oxygen atoms in total. The van der Waals surface area contributed by atoms with Crippen LogP contribution in [-0.4, -0.2) is 29.6 Å². The van der Waals surface area contributed by atoms with E-state index < -0.39 is 0 Å². The van der Waals surface area contributed by atoms with Gasteiger partial charge in [0.05, 0.1) is 22.1 Å². The highest BCUT2D eigenvalue weighted by Gasteiger charge is 2.16. The van der Waals surface area contributed by atoms with Crippen molar-refractivity contribution in [1.29, 1.82) is 0 Å². The van der Waals surface area contributed by atoms with Crippen molar-refractivity contribution in [3.05, 3.63) is 57.2 Å². The maximum atomic E-state index is 11.2. The summed E-state index contributed by atoms with van der Waals surface area (Å²) < 4.78 is 12.7. The maximum absolute atomic E-state index is 11.2. The van der Waals surface area contributed by atoms with Crippen LogP contribution in [0.4, 0.5) is 0 Å². The number of thioether (sulfide) groups is 1. The lowest BCUT2D eigenvalue weighted by Crippen LogP contribution is -2.19. The molecule has 8 heteroatoms. The van der Waals surface area contributed by atoms with E-state index in [-0.39, 0.29) is 5.91 Å². The van der Waals surface area contributed by atoms with Gasteiger partial charge in [-0.15, -0.1) is 5.10 Å². The van der Waals surface area contributed by atoms with Gasteiger partial charge in [-0.2, -0.15) is 5.10 Å². The number of carbonyl (C=O) groups excluding carboxylic acids is 1. The molecular formula is C19H18IN3O3S. The number of rotatable bonds is 7. The van der Waals surface area contributed by atoms with Crippen molar-refractivity contribution >= 4 is 51.6 Å². The molecule has 0 aromatic heterocycles. The minimum absolute atomic E-state index is 0.0537. The number of amidine groups is 1. The highest BCUT2D eigenvalue weighted by Crippen LogP contribution is 2.34. The summed E-state index contributed by atoms with van der Waals surface area (Å²) in [5, 5.41) is 11.2. The fourth-order valence-electron chi connectivity index (χ4n) is 2.32. The number of benzene rings is 2. The zero-order valence-corrected chi connectivity index (χ0v) is 17.6. The summed E-state index contributed by atoms with van der Waals surface area (Å²) in [5.41, 5.74) is 1.93. The summed E-state index contributed by atoms with van der Waals surface area (Å²) >= 11 is 3.56. The van der Waals surface area contributed by atoms with Gasteiger partial charge in [-0.1, -0.05) is 42.1 Å². The van der Waals surface area contributed by atoms with Gasteiger partial charge in [-0.05, 0) is 52.8 Å². The second-order valence-electron chi connectivity index (χ2n) is 5.52. The number of ether oxygens (including phenoxy) is 2. The minimum atomic E-state index is -0.0537. The van der Waals surface area contributed by atoms with E-state index in [1.165, 1.54) is 11.8 Å². The largest absolute Gasteiger partial charge is 0.490 e. The van der Waals surface area contributed by atoms with Gasteiger partial charge in [0.1, 0.15) is 6.61 Å². The van der Waals surface area contributed by atoms with Crippen LogP contribution in [0.1, 0.15) is 18.1 Å². The van der Waals surface area contributed by atoms with Crippen molar-refractivity contribution in [1.82, 2.24) is 5.32 Å². The summed E-state index contributed by atoms with van der Waals surface area (Å²) in [5.74, 6) is 1.71. The maximum Gasteiger partial charge on any atom is 0.236 e. The van der Waals surface area contributed by atoms with Crippen molar-refractivity contribution in [2.75, 3.05) is 12.4 Å². The van der Waals surface area contributed by atoms with Crippen LogP contribution in [0.5, 0.6) is 11.5 Å². The van der Waals surface area contributed by atoms with E-state index >= 15 is 0 Å². The number of nitrogens with one attached hydrogen (secondary N) is 1. The number of hydrogen-bond donors (Lipinski definition) is 1. The first-order valence-corrected chi connectivity index (χ1v) is 10.4. The van der Waals surface area contributed by atoms with Crippen molar-refractivity contribution in [3.63, 3.8) is 0 Å². The molecule has 1 aliphatic rings. The zero-order valence-electron chi connectivity index (χ0n) is 14.6. The monoisotopic (exact) mass is 495 g/mol. The first kappa shape index (κ1) is 19.7. The molecule has 1 saturated heterocycles. The molecule has 1 N–H and O–H groups in total. The third kappa shape index (κ3) is 5.70. The van der Waals surface area contributed by atoms with Crippen molar-refractivity contribution in [2.24, 2.45) is 10.2 Å². The molecule has 0 bridgehead atoms. The fourth-order valence-corrected chi connectivity index (χ4v) is 3.73. The van der Waals surface area contributed by atoms with E-state index in [0.29, 0.717) is 35.6 Å². The van der Waals surface area contributed by atoms with Crippen LogP contribution in [-0.2, 0) is 11.4 Å². The van der Waals surface area contributed by atoms with E-state index in [4.69, 9.17) is 9.47 Å². The SMILES string of the molecule is CCOc1cc(C=NN=C2NC(=O)CS2)cc(I)c1OCc1ccccc1. The van der Waals surface area contributed by atoms with E-state index in [1.54, 1.807) is 6.21 Å². The Kier molecular flexibility index (Phi) is 7.11. The van der Waals surface area contributed by atoms with Crippen molar-refractivity contribution in [2.45, 2.75) is 13.5 Å². The second kappa shape index (κ2) is 9.75. The molecule has 1 fully saturated rings. The average molecular weight is 495 g/mol. The molecule has 0 atom stereocenters. The average Bonchev–Trinajstić information content (AvgIpc) is 3.07. The quantitative estimate of drug-likeness (QED) is 0.360. The molecular weight excluding hydrogens is 477 g/mol. The molecule has 27 heavy (non-hydrogen) atoms. The lowest BCUT2D eigenvalue weighted by Gasteiger charge is -2.14. The molecule has 0 spiro atoms. The van der Waals surface area contributed by atoms with Gasteiger partial charge in [0.2, 0.25) is 5.91 Å². The predicted octanol–water partition coefficient (Wildman–Crippen LogP) is 3.82. The third-order valence-electron chi connectivity index (χ3n) is 3.50. The topological polar surface area (TPSA) is 72.3 Å². The minimum Gasteiger partial charge on any atom is -0.490 e. The van der Waals surface area contributed by atoms with Gasteiger partial charge in [-0.3, -0.25) is 4.79 Å². The van der Waals surface area contributed by atoms with Crippen LogP contribution in [0.2, 0.25) is 0 Å². The Labute approximate surface area is 175 Å². The van der Waals surface area contributed by atoms with Gasteiger partial charge in [0, 0.05) is 0 Å². The molecule has 1 heterocycles. The summed E-state index contributed by atoms with van der Waals surface area (Å²) in [6.07, 6.45) is 1.63. The Hall–Kier alpha value is -2.07. The highest BCUT2D eigenvalue weighted by molar-refractivity contribution is 14.1. The Morgan fingerprint density at radius 3 is 2.78 bits per heavy atom. The van der Waals surface area contributed by atoms with E-state index in [0.717, 1.165) is 14.7 Å². The molecule has 1 amide bonds. The van der Waals surface area contributed by atoms with Gasteiger partial charge in [0.15, 0.2) is 16.7 Å². The molecule has 1 aliphatic heterocycles. The van der Waals surface area contributed by atoms with E-state index in [9.17, 15) is 4.79 Å². The zero-order chi connectivity index (χ0) is 19.1. The standard InChI is InChI=1S/C19H18IN3O3S/c1-2-25-16-9-14(10-21-23-19-22-17(24)12-27-19)8-15(20)18(16)26-11-13-6-4-3-5-7-13/h3-10H,2,11-12H2,1H3,(H,22,23,24). The third-order valence-corrected chi connectivity index (χ3v) is 5.16. The first-order valence-electron chi connectivity index (χ1n) is 8.32. The normalized spacial score (nSPS) is 15.3. The summed E-state index contributed by atoms with van der Waals surface area (Å²) in [7, 11) is 0. The van der Waals surface area contributed by atoms with Crippen LogP contribution in [0, 0.1) is 3.57 Å². The molecule has 2 aromatic carbocycles. The molecule has 0 unspecified atom stereocenters. The number of carbonyl (C=O) groups is 1. The van der Waals surface area contributed by atoms with E-state index in [2.05, 4.69) is 38.1 Å². The van der Waals surface area contributed by atoms with Crippen LogP contribution < -0.4 is 14.8 Å². The lowest BCUT2D eigenvalue weighted by atomic mass is 10.2. The summed E-state index contributed by atoms with van der Waals surface area (Å²) in [6, 6.07) is 13.8. The van der Waals surface area contributed by atoms with Crippen LogP contribution in [0.15, 0.2) is 52.7 Å². The smallest absolute Gasteiger partial charge is 0.236 e. The van der Waals surface area contributed by atoms with Crippen molar-refractivity contribution < 1.29 is 14.3 Å². The Morgan fingerprint density at radius 1 is 1.26 bits per heavy atom. The van der Waals surface area contributed by atoms with Gasteiger partial charge < -0.3 is 14.8 Å². The highest BCUT2D eigenvalue weighted by atomic mass is 127. The van der Waals surface area contributed by atoms with Crippen molar-refractivity contribution in [3.8, 4) is 11.5 Å². The summed E-state index contributed by atoms with van der Waals surface area (Å²) in [6.45, 7) is 2.93. The van der Waals surface area contributed by atoms with Gasteiger partial charge >= 0.3 is 0 Å². The first-order chi connectivity index (χ1) is 13.2. The molecule has 0 aliphatic carbocycles. The number of hydrogen-bond acceptors (Lipinski definition) is 6. The fraction of sp³-hybridized carbons (Fsp3) is 0.211. The number of halogens is 1. The Morgan fingerprint density at radius 2 is 2.07 bits per heavy atom. The molecule has 3 rings (SSSR count). The van der Waals surface area contributed by atoms with Gasteiger partial charge in [0.25, 0.3) is 0 Å². The van der Waals surface area contributed by atoms with Gasteiger partial charge in [-0.25, -0.2) is 0 Å². The number of nitrogens with zero attached hydrogens (tertiary/aromatic N) is 2. The summed E-state index contributed by atoms with van der Waals surface area (Å²) in [4.78, 5) is 11.2.